The van der Waals surface area contributed by atoms with Gasteiger partial charge < -0.3 is 26.4 Å². The normalized spacial score (nSPS) is 13.2. The summed E-state index contributed by atoms with van der Waals surface area (Å²) in [6, 6.07) is -0.710. The number of hydrogen-bond acceptors (Lipinski definition) is 5. The summed E-state index contributed by atoms with van der Waals surface area (Å²) in [6.07, 6.45) is 5.70. The Kier molecular flexibility index (Phi) is 14.0. The molecule has 0 rings (SSSR count). The standard InChI is InChI=1S/C22H41N5O4/c1-16(2)19(28)25-13-9-7-8-10-14-26-20(29)18(12-11-15-24-17(3)23)27-21(30)31-22(4,5)6/h7-8,16,18H,9-15H2,1-6H3,(H2,23,24)(H,25,28)(H,26,29)(H,27,30)/b8-7-. The van der Waals surface area contributed by atoms with Crippen LogP contribution in [0.15, 0.2) is 17.1 Å². The van der Waals surface area contributed by atoms with Gasteiger partial charge in [0.2, 0.25) is 11.8 Å². The maximum atomic E-state index is 12.5. The van der Waals surface area contributed by atoms with E-state index < -0.39 is 17.7 Å². The molecule has 3 amide bonds. The number of alkyl carbamates (subject to hydrolysis) is 1. The highest BCUT2D eigenvalue weighted by molar-refractivity contribution is 5.85. The van der Waals surface area contributed by atoms with Crippen LogP contribution in [0.4, 0.5) is 4.79 Å². The van der Waals surface area contributed by atoms with Crippen molar-refractivity contribution in [1.29, 1.82) is 0 Å². The van der Waals surface area contributed by atoms with Crippen molar-refractivity contribution in [3.05, 3.63) is 12.2 Å². The topological polar surface area (TPSA) is 135 Å². The third-order valence-corrected chi connectivity index (χ3v) is 3.93. The van der Waals surface area contributed by atoms with Crippen molar-refractivity contribution >= 4 is 23.7 Å². The number of ether oxygens (including phenoxy) is 1. The molecule has 0 aliphatic heterocycles. The van der Waals surface area contributed by atoms with Crippen molar-refractivity contribution < 1.29 is 19.1 Å². The van der Waals surface area contributed by atoms with Crippen LogP contribution in [0.5, 0.6) is 0 Å². The highest BCUT2D eigenvalue weighted by atomic mass is 16.6. The largest absolute Gasteiger partial charge is 0.444 e. The maximum Gasteiger partial charge on any atom is 0.408 e. The Morgan fingerprint density at radius 1 is 1.03 bits per heavy atom. The number of aliphatic imine (C=N–C) groups is 1. The van der Waals surface area contributed by atoms with Gasteiger partial charge in [0.25, 0.3) is 0 Å². The van der Waals surface area contributed by atoms with Crippen molar-refractivity contribution in [3.8, 4) is 0 Å². The summed E-state index contributed by atoms with van der Waals surface area (Å²) >= 11 is 0. The van der Waals surface area contributed by atoms with E-state index in [2.05, 4.69) is 20.9 Å². The minimum atomic E-state index is -0.710. The Bertz CT molecular complexity index is 620. The average molecular weight is 440 g/mol. The van der Waals surface area contributed by atoms with Gasteiger partial charge in [0.1, 0.15) is 11.6 Å². The molecule has 0 saturated carbocycles. The summed E-state index contributed by atoms with van der Waals surface area (Å²) in [5, 5.41) is 8.32. The lowest BCUT2D eigenvalue weighted by atomic mass is 10.1. The van der Waals surface area contributed by atoms with Crippen molar-refractivity contribution in [3.63, 3.8) is 0 Å². The Hall–Kier alpha value is -2.58. The lowest BCUT2D eigenvalue weighted by molar-refractivity contribution is -0.124. The summed E-state index contributed by atoms with van der Waals surface area (Å²) in [4.78, 5) is 40.2. The van der Waals surface area contributed by atoms with Crippen LogP contribution in [-0.2, 0) is 14.3 Å². The molecule has 178 valence electrons. The second-order valence-corrected chi connectivity index (χ2v) is 8.65. The second kappa shape index (κ2) is 15.3. The summed E-state index contributed by atoms with van der Waals surface area (Å²) in [5.74, 6) is 0.234. The molecule has 0 spiro atoms. The smallest absolute Gasteiger partial charge is 0.408 e. The highest BCUT2D eigenvalue weighted by Gasteiger charge is 2.23. The van der Waals surface area contributed by atoms with Crippen molar-refractivity contribution in [2.24, 2.45) is 16.6 Å². The first kappa shape index (κ1) is 28.4. The van der Waals surface area contributed by atoms with Gasteiger partial charge in [0.05, 0.1) is 5.84 Å². The molecule has 0 fully saturated rings. The minimum Gasteiger partial charge on any atom is -0.444 e. The third kappa shape index (κ3) is 16.9. The van der Waals surface area contributed by atoms with E-state index in [9.17, 15) is 14.4 Å². The van der Waals surface area contributed by atoms with Crippen molar-refractivity contribution in [2.45, 2.75) is 78.9 Å². The fourth-order valence-corrected chi connectivity index (χ4v) is 2.39. The number of carbonyl (C=O) groups is 3. The first-order valence-electron chi connectivity index (χ1n) is 10.9. The van der Waals surface area contributed by atoms with E-state index in [1.165, 1.54) is 0 Å². The summed E-state index contributed by atoms with van der Waals surface area (Å²) in [7, 11) is 0. The molecule has 0 bridgehead atoms. The van der Waals surface area contributed by atoms with Gasteiger partial charge in [-0.15, -0.1) is 0 Å². The van der Waals surface area contributed by atoms with Gasteiger partial charge >= 0.3 is 6.09 Å². The predicted octanol–water partition coefficient (Wildman–Crippen LogP) is 2.26. The average Bonchev–Trinajstić information content (AvgIpc) is 2.64. The van der Waals surface area contributed by atoms with Gasteiger partial charge in [-0.05, 0) is 53.4 Å². The molecule has 9 heteroatoms. The number of carbonyl (C=O) groups excluding carboxylic acids is 3. The lowest BCUT2D eigenvalue weighted by Crippen LogP contribution is -2.48. The number of hydrogen-bond donors (Lipinski definition) is 4. The number of nitrogens with two attached hydrogens (primary N) is 1. The molecule has 0 saturated heterocycles. The SMILES string of the molecule is CC(N)=NCCCC(NC(=O)OC(C)(C)C)C(=O)NCC/C=C\CCNC(=O)C(C)C. The molecule has 0 aromatic rings. The van der Waals surface area contributed by atoms with Crippen LogP contribution in [0.1, 0.15) is 67.2 Å². The molecule has 0 heterocycles. The predicted molar refractivity (Wildman–Crippen MR) is 124 cm³/mol. The van der Waals surface area contributed by atoms with Gasteiger partial charge in [0.15, 0.2) is 0 Å². The van der Waals surface area contributed by atoms with Gasteiger partial charge in [-0.3, -0.25) is 14.6 Å². The molecule has 0 aromatic carbocycles. The number of amidine groups is 1. The molecular formula is C22H41N5O4. The monoisotopic (exact) mass is 439 g/mol. The van der Waals surface area contributed by atoms with Gasteiger partial charge in [0, 0.05) is 25.6 Å². The molecule has 0 aliphatic rings. The third-order valence-electron chi connectivity index (χ3n) is 3.93. The number of nitrogens with one attached hydrogen (secondary N) is 3. The Balaban J connectivity index is 4.44. The van der Waals surface area contributed by atoms with Gasteiger partial charge in [-0.2, -0.15) is 0 Å². The molecule has 31 heavy (non-hydrogen) atoms. The van der Waals surface area contributed by atoms with E-state index in [4.69, 9.17) is 10.5 Å². The molecule has 0 aliphatic carbocycles. The zero-order chi connectivity index (χ0) is 23.9. The second-order valence-electron chi connectivity index (χ2n) is 8.65. The lowest BCUT2D eigenvalue weighted by Gasteiger charge is -2.23. The fraction of sp³-hybridized carbons (Fsp3) is 0.727. The van der Waals surface area contributed by atoms with Crippen LogP contribution >= 0.6 is 0 Å². The molecule has 5 N–H and O–H groups in total. The molecule has 0 radical (unpaired) electrons. The molecule has 1 atom stereocenters. The van der Waals surface area contributed by atoms with Crippen molar-refractivity contribution in [2.75, 3.05) is 19.6 Å². The van der Waals surface area contributed by atoms with E-state index in [-0.39, 0.29) is 17.7 Å². The summed E-state index contributed by atoms with van der Waals surface area (Å²) in [6.45, 7) is 12.2. The first-order chi connectivity index (χ1) is 14.4. The van der Waals surface area contributed by atoms with Crippen LogP contribution in [0.2, 0.25) is 0 Å². The van der Waals surface area contributed by atoms with E-state index >= 15 is 0 Å². The van der Waals surface area contributed by atoms with Crippen LogP contribution in [0.25, 0.3) is 0 Å². The maximum absolute atomic E-state index is 12.5. The molecule has 9 nitrogen and oxygen atoms in total. The molecule has 0 aromatic heterocycles. The van der Waals surface area contributed by atoms with E-state index in [1.807, 2.05) is 26.0 Å². The zero-order valence-corrected chi connectivity index (χ0v) is 19.9. The van der Waals surface area contributed by atoms with Crippen molar-refractivity contribution in [1.82, 2.24) is 16.0 Å². The number of rotatable bonds is 13. The van der Waals surface area contributed by atoms with Crippen LogP contribution in [0.3, 0.4) is 0 Å². The summed E-state index contributed by atoms with van der Waals surface area (Å²) in [5.41, 5.74) is 4.88. The summed E-state index contributed by atoms with van der Waals surface area (Å²) < 4.78 is 5.26. The Morgan fingerprint density at radius 3 is 2.06 bits per heavy atom. The van der Waals surface area contributed by atoms with E-state index in [0.29, 0.717) is 44.7 Å². The van der Waals surface area contributed by atoms with Crippen LogP contribution in [0, 0.1) is 5.92 Å². The van der Waals surface area contributed by atoms with Gasteiger partial charge in [-0.25, -0.2) is 4.79 Å². The van der Waals surface area contributed by atoms with Gasteiger partial charge in [-0.1, -0.05) is 26.0 Å². The number of nitrogens with zero attached hydrogens (tertiary/aromatic N) is 1. The molecule has 1 unspecified atom stereocenters. The first-order valence-corrected chi connectivity index (χ1v) is 10.9. The minimum absolute atomic E-state index is 0.0208. The Labute approximate surface area is 186 Å². The van der Waals surface area contributed by atoms with E-state index in [0.717, 1.165) is 6.42 Å². The highest BCUT2D eigenvalue weighted by Crippen LogP contribution is 2.08. The molecular weight excluding hydrogens is 398 g/mol. The van der Waals surface area contributed by atoms with Crippen LogP contribution in [-0.4, -0.2) is 55.0 Å². The zero-order valence-electron chi connectivity index (χ0n) is 19.9. The van der Waals surface area contributed by atoms with E-state index in [1.54, 1.807) is 27.7 Å². The fourth-order valence-electron chi connectivity index (χ4n) is 2.39. The van der Waals surface area contributed by atoms with Crippen LogP contribution < -0.4 is 21.7 Å². The quantitative estimate of drug-likeness (QED) is 0.151. The number of amides is 3. The Morgan fingerprint density at radius 2 is 1.58 bits per heavy atom.